The number of hydrogen-bond acceptors (Lipinski definition) is 6. The first kappa shape index (κ1) is 21.7. The number of benzene rings is 2. The number of amides is 2. The molecule has 0 unspecified atom stereocenters. The lowest BCUT2D eigenvalue weighted by molar-refractivity contribution is -0.123. The van der Waals surface area contributed by atoms with Gasteiger partial charge in [-0.25, -0.2) is 0 Å². The first-order chi connectivity index (χ1) is 15.4. The van der Waals surface area contributed by atoms with Crippen molar-refractivity contribution in [2.24, 2.45) is 0 Å². The molecule has 3 aromatic rings. The molecule has 11 heteroatoms. The summed E-state index contributed by atoms with van der Waals surface area (Å²) in [5.74, 6) is -1.48. The standard InChI is InChI=1S/C21H17Cl2N5O4/c1-32-15-5-3-2-4-13(15)25-21-27-18-17(20(31)28-21)11(9-16(29)26-18)19(30)24-14-8-10(22)6-7-12(14)23/h2-8,11H,9H2,1H3,(H,24,30)(H3,25,26,27,28,29,31)/t11-/m0/s1. The Bertz CT molecular complexity index is 1280. The van der Waals surface area contributed by atoms with Gasteiger partial charge in [-0.1, -0.05) is 35.3 Å². The van der Waals surface area contributed by atoms with E-state index >= 15 is 0 Å². The summed E-state index contributed by atoms with van der Waals surface area (Å²) in [5, 5.41) is 8.78. The summed E-state index contributed by atoms with van der Waals surface area (Å²) in [4.78, 5) is 45.0. The van der Waals surface area contributed by atoms with Crippen LogP contribution >= 0.6 is 23.2 Å². The fourth-order valence-corrected chi connectivity index (χ4v) is 3.68. The highest BCUT2D eigenvalue weighted by Gasteiger charge is 2.35. The molecule has 32 heavy (non-hydrogen) atoms. The zero-order valence-corrected chi connectivity index (χ0v) is 18.2. The number of hydrogen-bond donors (Lipinski definition) is 4. The van der Waals surface area contributed by atoms with E-state index in [-0.39, 0.29) is 34.5 Å². The largest absolute Gasteiger partial charge is 0.495 e. The molecule has 4 rings (SSSR count). The molecule has 0 spiro atoms. The number of halogens is 2. The first-order valence-electron chi connectivity index (χ1n) is 9.45. The van der Waals surface area contributed by atoms with Crippen LogP contribution in [0.3, 0.4) is 0 Å². The summed E-state index contributed by atoms with van der Waals surface area (Å²) in [5.41, 5.74) is 0.316. The lowest BCUT2D eigenvalue weighted by Crippen LogP contribution is -2.36. The van der Waals surface area contributed by atoms with Crippen LogP contribution in [-0.4, -0.2) is 28.9 Å². The van der Waals surface area contributed by atoms with Crippen molar-refractivity contribution in [2.75, 3.05) is 23.1 Å². The molecule has 4 N–H and O–H groups in total. The van der Waals surface area contributed by atoms with Crippen molar-refractivity contribution in [3.63, 3.8) is 0 Å². The van der Waals surface area contributed by atoms with Gasteiger partial charge < -0.3 is 20.7 Å². The van der Waals surface area contributed by atoms with Gasteiger partial charge in [-0.05, 0) is 30.3 Å². The number of methoxy groups -OCH3 is 1. The van der Waals surface area contributed by atoms with E-state index in [1.54, 1.807) is 30.3 Å². The molecule has 2 amide bonds. The molecule has 2 heterocycles. The Morgan fingerprint density at radius 3 is 2.72 bits per heavy atom. The molecule has 0 fully saturated rings. The van der Waals surface area contributed by atoms with Crippen molar-refractivity contribution in [1.82, 2.24) is 9.97 Å². The Balaban J connectivity index is 1.66. The minimum Gasteiger partial charge on any atom is -0.495 e. The highest BCUT2D eigenvalue weighted by atomic mass is 35.5. The SMILES string of the molecule is COc1ccccc1Nc1nc2c(c(=O)[nH]1)[C@@H](C(=O)Nc1cc(Cl)ccc1Cl)CC(=O)N2. The molecular weight excluding hydrogens is 457 g/mol. The lowest BCUT2D eigenvalue weighted by atomic mass is 9.92. The van der Waals surface area contributed by atoms with Crippen molar-refractivity contribution in [3.05, 3.63) is 68.4 Å². The van der Waals surface area contributed by atoms with Crippen molar-refractivity contribution < 1.29 is 14.3 Å². The molecule has 1 atom stereocenters. The normalized spacial score (nSPS) is 14.8. The molecule has 9 nitrogen and oxygen atoms in total. The van der Waals surface area contributed by atoms with E-state index < -0.39 is 23.3 Å². The highest BCUT2D eigenvalue weighted by molar-refractivity contribution is 6.35. The monoisotopic (exact) mass is 473 g/mol. The van der Waals surface area contributed by atoms with E-state index in [1.165, 1.54) is 19.2 Å². The molecule has 1 aliphatic heterocycles. The molecule has 0 radical (unpaired) electrons. The number of para-hydroxylation sites is 2. The number of nitrogens with one attached hydrogen (secondary N) is 4. The van der Waals surface area contributed by atoms with Gasteiger partial charge in [0.05, 0.1) is 35.0 Å². The van der Waals surface area contributed by atoms with E-state index in [0.29, 0.717) is 16.5 Å². The summed E-state index contributed by atoms with van der Waals surface area (Å²) in [6.07, 6.45) is -0.221. The van der Waals surface area contributed by atoms with Crippen molar-refractivity contribution in [1.29, 1.82) is 0 Å². The number of H-pyrrole nitrogens is 1. The van der Waals surface area contributed by atoms with Crippen LogP contribution in [0.25, 0.3) is 0 Å². The molecule has 0 saturated carbocycles. The lowest BCUT2D eigenvalue weighted by Gasteiger charge is -2.24. The van der Waals surface area contributed by atoms with Crippen LogP contribution in [0.4, 0.5) is 23.1 Å². The van der Waals surface area contributed by atoms with Crippen molar-refractivity contribution in [2.45, 2.75) is 12.3 Å². The van der Waals surface area contributed by atoms with Gasteiger partial charge in [-0.15, -0.1) is 0 Å². The zero-order chi connectivity index (χ0) is 22.8. The topological polar surface area (TPSA) is 125 Å². The van der Waals surface area contributed by atoms with Crippen LogP contribution in [-0.2, 0) is 9.59 Å². The summed E-state index contributed by atoms with van der Waals surface area (Å²) in [7, 11) is 1.51. The maximum Gasteiger partial charge on any atom is 0.258 e. The van der Waals surface area contributed by atoms with Gasteiger partial charge in [-0.3, -0.25) is 19.4 Å². The molecule has 0 bridgehead atoms. The molecular formula is C21H17Cl2N5O4. The van der Waals surface area contributed by atoms with Crippen LogP contribution in [0.1, 0.15) is 17.9 Å². The summed E-state index contributed by atoms with van der Waals surface area (Å²) < 4.78 is 5.28. The van der Waals surface area contributed by atoms with E-state index in [1.807, 2.05) is 0 Å². The van der Waals surface area contributed by atoms with E-state index in [2.05, 4.69) is 25.9 Å². The van der Waals surface area contributed by atoms with Gasteiger partial charge in [-0.2, -0.15) is 4.98 Å². The summed E-state index contributed by atoms with van der Waals surface area (Å²) in [6, 6.07) is 11.6. The number of aromatic amines is 1. The number of anilines is 4. The van der Waals surface area contributed by atoms with Crippen molar-refractivity contribution >= 4 is 58.2 Å². The van der Waals surface area contributed by atoms with Gasteiger partial charge in [0.1, 0.15) is 11.6 Å². The predicted octanol–water partition coefficient (Wildman–Crippen LogP) is 3.89. The molecule has 2 aromatic carbocycles. The number of fused-ring (bicyclic) bond motifs is 1. The second kappa shape index (κ2) is 8.89. The summed E-state index contributed by atoms with van der Waals surface area (Å²) >= 11 is 12.1. The molecule has 0 aliphatic carbocycles. The van der Waals surface area contributed by atoms with Gasteiger partial charge in [0, 0.05) is 11.4 Å². The maximum atomic E-state index is 12.9. The fraction of sp³-hybridized carbons (Fsp3) is 0.143. The predicted molar refractivity (Wildman–Crippen MR) is 122 cm³/mol. The third-order valence-electron chi connectivity index (χ3n) is 4.81. The number of carbonyl (C=O) groups excluding carboxylic acids is 2. The Hall–Kier alpha value is -3.56. The van der Waals surface area contributed by atoms with Gasteiger partial charge in [0.2, 0.25) is 17.8 Å². The second-order valence-electron chi connectivity index (χ2n) is 6.92. The number of nitrogens with zero attached hydrogens (tertiary/aromatic N) is 1. The smallest absolute Gasteiger partial charge is 0.258 e. The maximum absolute atomic E-state index is 12.9. The number of aromatic nitrogens is 2. The van der Waals surface area contributed by atoms with Crippen LogP contribution in [0.15, 0.2) is 47.3 Å². The molecule has 0 saturated heterocycles. The minimum absolute atomic E-state index is 0.000242. The molecule has 1 aromatic heterocycles. The van der Waals surface area contributed by atoms with Crippen LogP contribution < -0.4 is 26.2 Å². The van der Waals surface area contributed by atoms with E-state index in [9.17, 15) is 14.4 Å². The summed E-state index contributed by atoms with van der Waals surface area (Å²) in [6.45, 7) is 0. The van der Waals surface area contributed by atoms with Crippen molar-refractivity contribution in [3.8, 4) is 5.75 Å². The first-order valence-corrected chi connectivity index (χ1v) is 10.2. The van der Waals surface area contributed by atoms with Gasteiger partial charge >= 0.3 is 0 Å². The Kier molecular flexibility index (Phi) is 6.02. The number of rotatable bonds is 5. The average Bonchev–Trinajstić information content (AvgIpc) is 2.75. The highest BCUT2D eigenvalue weighted by Crippen LogP contribution is 2.33. The van der Waals surface area contributed by atoms with Crippen LogP contribution in [0.5, 0.6) is 5.75 Å². The van der Waals surface area contributed by atoms with Gasteiger partial charge in [0.25, 0.3) is 5.56 Å². The number of carbonyl (C=O) groups is 2. The van der Waals surface area contributed by atoms with E-state index in [0.717, 1.165) is 0 Å². The third kappa shape index (κ3) is 4.39. The number of ether oxygens (including phenoxy) is 1. The zero-order valence-electron chi connectivity index (χ0n) is 16.7. The Labute approximate surface area is 192 Å². The Morgan fingerprint density at radius 2 is 1.94 bits per heavy atom. The van der Waals surface area contributed by atoms with E-state index in [4.69, 9.17) is 27.9 Å². The minimum atomic E-state index is -1.06. The molecule has 1 aliphatic rings. The van der Waals surface area contributed by atoms with Crippen LogP contribution in [0, 0.1) is 0 Å². The Morgan fingerprint density at radius 1 is 1.16 bits per heavy atom. The van der Waals surface area contributed by atoms with Gasteiger partial charge in [0.15, 0.2) is 0 Å². The molecule has 164 valence electrons. The third-order valence-corrected chi connectivity index (χ3v) is 5.38. The fourth-order valence-electron chi connectivity index (χ4n) is 3.34. The second-order valence-corrected chi connectivity index (χ2v) is 7.76. The van der Waals surface area contributed by atoms with Crippen LogP contribution in [0.2, 0.25) is 10.0 Å². The average molecular weight is 474 g/mol. The quantitative estimate of drug-likeness (QED) is 0.445.